The highest BCUT2D eigenvalue weighted by molar-refractivity contribution is 7.90. The number of ether oxygens (including phenoxy) is 2. The van der Waals surface area contributed by atoms with E-state index < -0.39 is 15.7 Å². The van der Waals surface area contributed by atoms with Crippen molar-refractivity contribution in [2.75, 3.05) is 20.0 Å². The zero-order chi connectivity index (χ0) is 22.4. The summed E-state index contributed by atoms with van der Waals surface area (Å²) in [6, 6.07) is 12.4. The molecule has 0 aliphatic carbocycles. The third-order valence-corrected chi connectivity index (χ3v) is 7.21. The third-order valence-electron chi connectivity index (χ3n) is 4.52. The molecule has 0 aliphatic heterocycles. The summed E-state index contributed by atoms with van der Waals surface area (Å²) in [5.41, 5.74) is 1.36. The van der Waals surface area contributed by atoms with Gasteiger partial charge in [0.25, 0.3) is 0 Å². The molecule has 0 spiro atoms. The standard InChI is InChI=1S/C22H22N2O5S2/c1-4-13-24-20-17(28-2)10-11-18(29-3)21(20)30-22(24)23-19(25)12-14-31(26,27)15-16-8-6-5-7-9-16/h1,5-11H,12-15H2,2-3H3. The average molecular weight is 459 g/mol. The van der Waals surface area contributed by atoms with Gasteiger partial charge in [-0.25, -0.2) is 8.42 Å². The summed E-state index contributed by atoms with van der Waals surface area (Å²) >= 11 is 1.23. The molecule has 3 rings (SSSR count). The van der Waals surface area contributed by atoms with Gasteiger partial charge in [0.05, 0.1) is 32.3 Å². The number of amides is 1. The van der Waals surface area contributed by atoms with Gasteiger partial charge in [-0.3, -0.25) is 4.79 Å². The molecule has 2 aromatic carbocycles. The Kier molecular flexibility index (Phi) is 7.15. The molecule has 0 atom stereocenters. The van der Waals surface area contributed by atoms with Crippen molar-refractivity contribution >= 4 is 37.3 Å². The summed E-state index contributed by atoms with van der Waals surface area (Å²) in [6.45, 7) is 0.169. The van der Waals surface area contributed by atoms with Gasteiger partial charge in [0, 0.05) is 6.42 Å². The van der Waals surface area contributed by atoms with Crippen LogP contribution < -0.4 is 14.3 Å². The molecule has 0 saturated heterocycles. The SMILES string of the molecule is C#CCn1c(=NC(=O)CCS(=O)(=O)Cc2ccccc2)sc2c(OC)ccc(OC)c21. The van der Waals surface area contributed by atoms with E-state index in [1.54, 1.807) is 55.2 Å². The number of thiazole rings is 1. The van der Waals surface area contributed by atoms with Crippen molar-refractivity contribution in [2.24, 2.45) is 4.99 Å². The quantitative estimate of drug-likeness (QED) is 0.485. The molecule has 162 valence electrons. The lowest BCUT2D eigenvalue weighted by atomic mass is 10.2. The van der Waals surface area contributed by atoms with Crippen molar-refractivity contribution in [1.82, 2.24) is 4.57 Å². The van der Waals surface area contributed by atoms with E-state index in [0.29, 0.717) is 27.4 Å². The third kappa shape index (κ3) is 5.34. The molecular weight excluding hydrogens is 436 g/mol. The Labute approximate surface area is 184 Å². The van der Waals surface area contributed by atoms with Gasteiger partial charge >= 0.3 is 0 Å². The van der Waals surface area contributed by atoms with E-state index in [1.165, 1.54) is 11.3 Å². The number of aromatic nitrogens is 1. The van der Waals surface area contributed by atoms with E-state index in [2.05, 4.69) is 10.9 Å². The largest absolute Gasteiger partial charge is 0.495 e. The molecule has 1 heterocycles. The molecule has 0 aliphatic rings. The fourth-order valence-electron chi connectivity index (χ4n) is 3.08. The van der Waals surface area contributed by atoms with Crippen LogP contribution in [0.3, 0.4) is 0 Å². The Morgan fingerprint density at radius 3 is 2.45 bits per heavy atom. The lowest BCUT2D eigenvalue weighted by Gasteiger charge is -2.08. The highest BCUT2D eigenvalue weighted by atomic mass is 32.2. The first-order chi connectivity index (χ1) is 14.9. The first kappa shape index (κ1) is 22.6. The van der Waals surface area contributed by atoms with Gasteiger partial charge in [0.1, 0.15) is 21.7 Å². The second kappa shape index (κ2) is 9.81. The predicted molar refractivity (Wildman–Crippen MR) is 121 cm³/mol. The topological polar surface area (TPSA) is 87.0 Å². The number of carbonyl (C=O) groups is 1. The zero-order valence-corrected chi connectivity index (χ0v) is 18.8. The Bertz CT molecular complexity index is 1300. The van der Waals surface area contributed by atoms with Crippen LogP contribution in [-0.2, 0) is 26.9 Å². The van der Waals surface area contributed by atoms with Crippen LogP contribution in [0.1, 0.15) is 12.0 Å². The number of fused-ring (bicyclic) bond motifs is 1. The lowest BCUT2D eigenvalue weighted by Crippen LogP contribution is -2.18. The van der Waals surface area contributed by atoms with Crippen LogP contribution in [-0.4, -0.2) is 38.9 Å². The van der Waals surface area contributed by atoms with Crippen LogP contribution in [0.5, 0.6) is 11.5 Å². The maximum absolute atomic E-state index is 12.5. The van der Waals surface area contributed by atoms with E-state index in [9.17, 15) is 13.2 Å². The maximum Gasteiger partial charge on any atom is 0.249 e. The van der Waals surface area contributed by atoms with Crippen LogP contribution in [0.25, 0.3) is 10.2 Å². The first-order valence-corrected chi connectivity index (χ1v) is 12.0. The number of hydrogen-bond acceptors (Lipinski definition) is 6. The van der Waals surface area contributed by atoms with E-state index in [0.717, 1.165) is 4.70 Å². The van der Waals surface area contributed by atoms with E-state index >= 15 is 0 Å². The van der Waals surface area contributed by atoms with Gasteiger partial charge in [-0.15, -0.1) is 6.42 Å². The monoisotopic (exact) mass is 458 g/mol. The summed E-state index contributed by atoms with van der Waals surface area (Å²) in [6.07, 6.45) is 5.30. The Morgan fingerprint density at radius 1 is 1.13 bits per heavy atom. The number of methoxy groups -OCH3 is 2. The first-order valence-electron chi connectivity index (χ1n) is 9.38. The van der Waals surface area contributed by atoms with Crippen LogP contribution in [0.2, 0.25) is 0 Å². The van der Waals surface area contributed by atoms with Crippen molar-refractivity contribution < 1.29 is 22.7 Å². The lowest BCUT2D eigenvalue weighted by molar-refractivity contribution is -0.117. The molecule has 0 bridgehead atoms. The number of nitrogens with zero attached hydrogens (tertiary/aromatic N) is 2. The molecule has 7 nitrogen and oxygen atoms in total. The van der Waals surface area contributed by atoms with Gasteiger partial charge in [-0.1, -0.05) is 47.6 Å². The van der Waals surface area contributed by atoms with Crippen LogP contribution >= 0.6 is 11.3 Å². The Balaban J connectivity index is 1.90. The van der Waals surface area contributed by atoms with E-state index in [-0.39, 0.29) is 24.5 Å². The summed E-state index contributed by atoms with van der Waals surface area (Å²) in [4.78, 5) is 17.0. The van der Waals surface area contributed by atoms with Crippen LogP contribution in [0.15, 0.2) is 47.5 Å². The van der Waals surface area contributed by atoms with Crippen molar-refractivity contribution in [3.63, 3.8) is 0 Å². The van der Waals surface area contributed by atoms with Gasteiger partial charge in [-0.2, -0.15) is 4.99 Å². The molecule has 0 saturated carbocycles. The van der Waals surface area contributed by atoms with Crippen LogP contribution in [0, 0.1) is 12.3 Å². The molecular formula is C22H22N2O5S2. The highest BCUT2D eigenvalue weighted by Gasteiger charge is 2.18. The maximum atomic E-state index is 12.5. The molecule has 0 unspecified atom stereocenters. The number of carbonyl (C=O) groups excluding carboxylic acids is 1. The van der Waals surface area contributed by atoms with Crippen molar-refractivity contribution in [3.8, 4) is 23.8 Å². The normalized spacial score (nSPS) is 12.0. The van der Waals surface area contributed by atoms with E-state index in [1.807, 2.05) is 6.07 Å². The summed E-state index contributed by atoms with van der Waals surface area (Å²) in [5, 5.41) is 0. The summed E-state index contributed by atoms with van der Waals surface area (Å²) in [7, 11) is -0.357. The predicted octanol–water partition coefficient (Wildman–Crippen LogP) is 2.79. The van der Waals surface area contributed by atoms with Gasteiger partial charge in [0.2, 0.25) is 5.91 Å². The molecule has 0 fully saturated rings. The molecule has 3 aromatic rings. The number of hydrogen-bond donors (Lipinski definition) is 0. The summed E-state index contributed by atoms with van der Waals surface area (Å²) in [5.74, 6) is 2.80. The smallest absolute Gasteiger partial charge is 0.249 e. The molecule has 31 heavy (non-hydrogen) atoms. The number of rotatable bonds is 8. The fourth-order valence-corrected chi connectivity index (χ4v) is 5.57. The fraction of sp³-hybridized carbons (Fsp3) is 0.273. The minimum Gasteiger partial charge on any atom is -0.495 e. The zero-order valence-electron chi connectivity index (χ0n) is 17.2. The second-order valence-electron chi connectivity index (χ2n) is 6.66. The highest BCUT2D eigenvalue weighted by Crippen LogP contribution is 2.35. The number of benzene rings is 2. The van der Waals surface area contributed by atoms with Crippen molar-refractivity contribution in [3.05, 3.63) is 52.8 Å². The van der Waals surface area contributed by atoms with Gasteiger partial charge in [-0.05, 0) is 17.7 Å². The molecule has 1 aromatic heterocycles. The molecule has 1 amide bonds. The van der Waals surface area contributed by atoms with Crippen LogP contribution in [0.4, 0.5) is 0 Å². The van der Waals surface area contributed by atoms with E-state index in [4.69, 9.17) is 15.9 Å². The van der Waals surface area contributed by atoms with Gasteiger partial charge in [0.15, 0.2) is 14.6 Å². The van der Waals surface area contributed by atoms with Gasteiger partial charge < -0.3 is 14.0 Å². The summed E-state index contributed by atoms with van der Waals surface area (Å²) < 4.78 is 38.0. The van der Waals surface area contributed by atoms with Crippen molar-refractivity contribution in [2.45, 2.75) is 18.7 Å². The molecule has 0 N–H and O–H groups in total. The number of sulfone groups is 1. The minimum atomic E-state index is -3.44. The average Bonchev–Trinajstić information content (AvgIpc) is 3.10. The number of terminal acetylenes is 1. The molecule has 0 radical (unpaired) electrons. The molecule has 9 heteroatoms. The Hall–Kier alpha value is -3.09. The second-order valence-corrected chi connectivity index (χ2v) is 9.82. The van der Waals surface area contributed by atoms with Crippen molar-refractivity contribution in [1.29, 1.82) is 0 Å². The Morgan fingerprint density at radius 2 is 1.81 bits per heavy atom. The minimum absolute atomic E-state index is 0.116.